The van der Waals surface area contributed by atoms with Gasteiger partial charge in [-0.05, 0) is 75.8 Å². The Morgan fingerprint density at radius 1 is 0.694 bits per heavy atom. The van der Waals surface area contributed by atoms with E-state index in [2.05, 4.69) is 15.9 Å². The van der Waals surface area contributed by atoms with Crippen molar-refractivity contribution in [2.24, 2.45) is 0 Å². The molecule has 186 valence electrons. The Kier molecular flexibility index (Phi) is 12.9. The normalized spacial score (nSPS) is 9.33. The number of aldehydes is 2. The van der Waals surface area contributed by atoms with E-state index in [1.807, 2.05) is 37.3 Å². The van der Waals surface area contributed by atoms with Gasteiger partial charge < -0.3 is 20.3 Å². The van der Waals surface area contributed by atoms with Crippen LogP contribution >= 0.6 is 15.9 Å². The smallest absolute Gasteiger partial charge is 0.488 e. The number of rotatable bonds is 4. The maximum absolute atomic E-state index is 10.7. The number of phenols is 2. The van der Waals surface area contributed by atoms with E-state index < -0.39 is 7.12 Å². The number of hydrogen-bond acceptors (Lipinski definition) is 6. The first-order valence-corrected chi connectivity index (χ1v) is 11.2. The number of carbonyl (C=O) groups excluding carboxylic acids is 2. The summed E-state index contributed by atoms with van der Waals surface area (Å²) in [6, 6.07) is 25.8. The molecule has 4 rings (SSSR count). The Labute approximate surface area is 219 Å². The number of benzene rings is 4. The summed E-state index contributed by atoms with van der Waals surface area (Å²) in [7, 11) is -1.34. The molecule has 0 heterocycles. The molecule has 0 aliphatic carbocycles. The largest absolute Gasteiger partial charge is 0.507 e. The van der Waals surface area contributed by atoms with Gasteiger partial charge in [0, 0.05) is 16.7 Å². The van der Waals surface area contributed by atoms with Crippen molar-refractivity contribution in [2.45, 2.75) is 14.4 Å². The molecule has 0 aliphatic rings. The van der Waals surface area contributed by atoms with Gasteiger partial charge in [-0.2, -0.15) is 0 Å². The molecule has 0 amide bonds. The summed E-state index contributed by atoms with van der Waals surface area (Å²) in [4.78, 5) is 20.9. The van der Waals surface area contributed by atoms with Crippen molar-refractivity contribution in [3.63, 3.8) is 0 Å². The molecular formula is C28H28BBrO6. The quantitative estimate of drug-likeness (QED) is 0.206. The van der Waals surface area contributed by atoms with E-state index in [1.165, 1.54) is 6.07 Å². The van der Waals surface area contributed by atoms with E-state index in [0.717, 1.165) is 23.7 Å². The third kappa shape index (κ3) is 9.15. The van der Waals surface area contributed by atoms with Gasteiger partial charge in [0.2, 0.25) is 0 Å². The lowest BCUT2D eigenvalue weighted by Gasteiger charge is -2.08. The SMILES string of the molecule is C.Cc1ccccc1-c1cc(C=O)ccc1O.O=Cc1ccc(O)c(Br)c1.OB(O)c1ccccc1. The Morgan fingerprint density at radius 3 is 1.72 bits per heavy atom. The zero-order valence-electron chi connectivity index (χ0n) is 18.9. The van der Waals surface area contributed by atoms with E-state index in [1.54, 1.807) is 54.6 Å². The molecule has 0 atom stereocenters. The molecular weight excluding hydrogens is 523 g/mol. The van der Waals surface area contributed by atoms with Gasteiger partial charge in [-0.25, -0.2) is 0 Å². The van der Waals surface area contributed by atoms with Crippen LogP contribution in [0, 0.1) is 6.92 Å². The molecule has 8 heteroatoms. The van der Waals surface area contributed by atoms with Gasteiger partial charge in [0.15, 0.2) is 0 Å². The third-order valence-corrected chi connectivity index (χ3v) is 5.43. The molecule has 4 aromatic rings. The average molecular weight is 551 g/mol. The van der Waals surface area contributed by atoms with Gasteiger partial charge >= 0.3 is 7.12 Å². The first kappa shape index (κ1) is 30.3. The van der Waals surface area contributed by atoms with Crippen molar-refractivity contribution in [2.75, 3.05) is 0 Å². The summed E-state index contributed by atoms with van der Waals surface area (Å²) in [5.41, 5.74) is 4.35. The molecule has 4 aromatic carbocycles. The van der Waals surface area contributed by atoms with Gasteiger partial charge in [-0.15, -0.1) is 0 Å². The van der Waals surface area contributed by atoms with Gasteiger partial charge in [-0.3, -0.25) is 9.59 Å². The minimum atomic E-state index is -1.34. The minimum Gasteiger partial charge on any atom is -0.507 e. The van der Waals surface area contributed by atoms with Gasteiger partial charge in [0.05, 0.1) is 4.47 Å². The maximum atomic E-state index is 10.7. The Bertz CT molecular complexity index is 1260. The number of halogens is 1. The summed E-state index contributed by atoms with van der Waals surface area (Å²) in [5, 5.41) is 35.9. The fraction of sp³-hybridized carbons (Fsp3) is 0.0714. The maximum Gasteiger partial charge on any atom is 0.488 e. The average Bonchev–Trinajstić information content (AvgIpc) is 2.88. The number of hydrogen-bond donors (Lipinski definition) is 4. The van der Waals surface area contributed by atoms with Crippen LogP contribution in [0.5, 0.6) is 11.5 Å². The Hall–Kier alpha value is -3.72. The molecule has 0 saturated carbocycles. The molecule has 0 bridgehead atoms. The number of aryl methyl sites for hydroxylation is 1. The highest BCUT2D eigenvalue weighted by Gasteiger charge is 2.08. The second-order valence-corrected chi connectivity index (χ2v) is 8.18. The monoisotopic (exact) mass is 550 g/mol. The molecule has 0 spiro atoms. The van der Waals surface area contributed by atoms with Crippen LogP contribution in [0.15, 0.2) is 95.5 Å². The summed E-state index contributed by atoms with van der Waals surface area (Å²) in [5.74, 6) is 0.338. The van der Waals surface area contributed by atoms with E-state index >= 15 is 0 Å². The second-order valence-electron chi connectivity index (χ2n) is 7.32. The van der Waals surface area contributed by atoms with Gasteiger partial charge in [-0.1, -0.05) is 62.0 Å². The van der Waals surface area contributed by atoms with Crippen molar-refractivity contribution in [1.29, 1.82) is 0 Å². The molecule has 36 heavy (non-hydrogen) atoms. The van der Waals surface area contributed by atoms with E-state index in [4.69, 9.17) is 15.2 Å². The summed E-state index contributed by atoms with van der Waals surface area (Å²) >= 11 is 3.08. The lowest BCUT2D eigenvalue weighted by Crippen LogP contribution is -2.29. The summed E-state index contributed by atoms with van der Waals surface area (Å²) < 4.78 is 0.539. The van der Waals surface area contributed by atoms with Crippen LogP contribution in [0.25, 0.3) is 11.1 Å². The first-order valence-electron chi connectivity index (χ1n) is 10.5. The second kappa shape index (κ2) is 15.3. The highest BCUT2D eigenvalue weighted by Crippen LogP contribution is 2.31. The minimum absolute atomic E-state index is 0. The highest BCUT2D eigenvalue weighted by molar-refractivity contribution is 9.10. The first-order chi connectivity index (χ1) is 16.8. The van der Waals surface area contributed by atoms with Crippen molar-refractivity contribution < 1.29 is 29.9 Å². The highest BCUT2D eigenvalue weighted by atomic mass is 79.9. The standard InChI is InChI=1S/C14H12O2.C7H5BrO2.C6H7BO2.CH4/c1-10-4-2-3-5-12(10)13-8-11(9-15)6-7-14(13)16;8-6-3-5(4-9)1-2-7(6)10;8-7(9)6-4-2-1-3-5-6;/h2-9,16H,1H3;1-4,10H;1-5,8-9H;1H4. The molecule has 0 fully saturated rings. The van der Waals surface area contributed by atoms with Gasteiger partial charge in [0.25, 0.3) is 0 Å². The van der Waals surface area contributed by atoms with E-state index in [0.29, 0.717) is 26.6 Å². The lowest BCUT2D eigenvalue weighted by atomic mass is 9.81. The van der Waals surface area contributed by atoms with Crippen LogP contribution in [0.1, 0.15) is 33.7 Å². The number of aromatic hydroxyl groups is 2. The Morgan fingerprint density at radius 2 is 1.22 bits per heavy atom. The number of phenolic OH excluding ortho intramolecular Hbond substituents is 2. The van der Waals surface area contributed by atoms with Crippen molar-refractivity contribution >= 4 is 41.1 Å². The van der Waals surface area contributed by atoms with Crippen molar-refractivity contribution in [3.05, 3.63) is 112 Å². The zero-order chi connectivity index (χ0) is 25.8. The van der Waals surface area contributed by atoms with Crippen LogP contribution in [-0.4, -0.2) is 40.0 Å². The summed E-state index contributed by atoms with van der Waals surface area (Å²) in [6.45, 7) is 1.97. The van der Waals surface area contributed by atoms with Crippen LogP contribution in [0.3, 0.4) is 0 Å². The van der Waals surface area contributed by atoms with E-state index in [-0.39, 0.29) is 18.9 Å². The van der Waals surface area contributed by atoms with Gasteiger partial charge in [0.1, 0.15) is 24.1 Å². The predicted molar refractivity (Wildman–Crippen MR) is 148 cm³/mol. The predicted octanol–water partition coefficient (Wildman–Crippen LogP) is 5.15. The molecule has 4 N–H and O–H groups in total. The van der Waals surface area contributed by atoms with E-state index in [9.17, 15) is 14.7 Å². The topological polar surface area (TPSA) is 115 Å². The zero-order valence-corrected chi connectivity index (χ0v) is 20.5. The molecule has 6 nitrogen and oxygen atoms in total. The van der Waals surface area contributed by atoms with Crippen LogP contribution in [0.4, 0.5) is 0 Å². The van der Waals surface area contributed by atoms with Crippen LogP contribution in [0.2, 0.25) is 0 Å². The number of carbonyl (C=O) groups is 2. The molecule has 0 aromatic heterocycles. The Balaban J connectivity index is 0.000000282. The van der Waals surface area contributed by atoms with Crippen molar-refractivity contribution in [3.8, 4) is 22.6 Å². The van der Waals surface area contributed by atoms with Crippen LogP contribution < -0.4 is 5.46 Å². The molecule has 0 aliphatic heterocycles. The molecule has 0 unspecified atom stereocenters. The molecule has 0 saturated heterocycles. The summed E-state index contributed by atoms with van der Waals surface area (Å²) in [6.07, 6.45) is 1.51. The van der Waals surface area contributed by atoms with Crippen molar-refractivity contribution in [1.82, 2.24) is 0 Å². The fourth-order valence-electron chi connectivity index (χ4n) is 2.94. The fourth-order valence-corrected chi connectivity index (χ4v) is 3.34. The van der Waals surface area contributed by atoms with Crippen LogP contribution in [-0.2, 0) is 0 Å². The lowest BCUT2D eigenvalue weighted by molar-refractivity contribution is 0.111. The third-order valence-electron chi connectivity index (χ3n) is 4.80. The molecule has 0 radical (unpaired) electrons.